The van der Waals surface area contributed by atoms with Gasteiger partial charge in [0.1, 0.15) is 12.1 Å². The molecule has 0 saturated carbocycles. The SMILES string of the molecule is NC(=O)C(C(N)=O)c1cc(N2CCC[C@H](C(=O)O)C2)ncn1. The van der Waals surface area contributed by atoms with Crippen molar-refractivity contribution in [2.75, 3.05) is 18.0 Å². The summed E-state index contributed by atoms with van der Waals surface area (Å²) in [7, 11) is 0. The summed E-state index contributed by atoms with van der Waals surface area (Å²) in [6.45, 7) is 0.946. The summed E-state index contributed by atoms with van der Waals surface area (Å²) in [6.07, 6.45) is 2.52. The first kappa shape index (κ1) is 15.7. The number of hydrogen-bond acceptors (Lipinski definition) is 6. The molecule has 0 aliphatic carbocycles. The normalized spacial score (nSPS) is 18.2. The maximum Gasteiger partial charge on any atom is 0.308 e. The molecule has 9 heteroatoms. The summed E-state index contributed by atoms with van der Waals surface area (Å²) >= 11 is 0. The third kappa shape index (κ3) is 3.30. The minimum atomic E-state index is -1.33. The van der Waals surface area contributed by atoms with E-state index in [4.69, 9.17) is 16.6 Å². The number of carbonyl (C=O) groups excluding carboxylic acids is 2. The first-order valence-corrected chi connectivity index (χ1v) is 6.78. The van der Waals surface area contributed by atoms with E-state index in [2.05, 4.69) is 9.97 Å². The van der Waals surface area contributed by atoms with Crippen molar-refractivity contribution in [3.63, 3.8) is 0 Å². The number of aromatic nitrogens is 2. The maximum atomic E-state index is 11.3. The molecule has 1 aliphatic heterocycles. The van der Waals surface area contributed by atoms with E-state index >= 15 is 0 Å². The van der Waals surface area contributed by atoms with Crippen molar-refractivity contribution in [2.24, 2.45) is 17.4 Å². The molecule has 1 aliphatic rings. The van der Waals surface area contributed by atoms with Crippen LogP contribution < -0.4 is 16.4 Å². The summed E-state index contributed by atoms with van der Waals surface area (Å²) in [5.74, 6) is -4.00. The van der Waals surface area contributed by atoms with Crippen LogP contribution in [0, 0.1) is 5.92 Å². The number of carboxylic acids is 1. The van der Waals surface area contributed by atoms with Gasteiger partial charge in [0.05, 0.1) is 11.6 Å². The van der Waals surface area contributed by atoms with Crippen molar-refractivity contribution in [3.8, 4) is 0 Å². The largest absolute Gasteiger partial charge is 0.481 e. The van der Waals surface area contributed by atoms with Gasteiger partial charge in [0.2, 0.25) is 11.8 Å². The smallest absolute Gasteiger partial charge is 0.308 e. The van der Waals surface area contributed by atoms with Gasteiger partial charge in [-0.15, -0.1) is 0 Å². The number of nitrogens with zero attached hydrogens (tertiary/aromatic N) is 3. The molecule has 1 fully saturated rings. The van der Waals surface area contributed by atoms with Gasteiger partial charge >= 0.3 is 5.97 Å². The van der Waals surface area contributed by atoms with Crippen LogP contribution in [0.1, 0.15) is 24.5 Å². The lowest BCUT2D eigenvalue weighted by Gasteiger charge is -2.31. The molecule has 1 aromatic heterocycles. The summed E-state index contributed by atoms with van der Waals surface area (Å²) in [5.41, 5.74) is 10.5. The van der Waals surface area contributed by atoms with Crippen molar-refractivity contribution in [3.05, 3.63) is 18.1 Å². The quantitative estimate of drug-likeness (QED) is 0.579. The third-order valence-electron chi connectivity index (χ3n) is 3.63. The zero-order valence-electron chi connectivity index (χ0n) is 11.8. The number of carboxylic acid groups (broad SMARTS) is 1. The zero-order chi connectivity index (χ0) is 16.3. The maximum absolute atomic E-state index is 11.3. The monoisotopic (exact) mass is 307 g/mol. The fourth-order valence-corrected chi connectivity index (χ4v) is 2.51. The Labute approximate surface area is 126 Å². The second-order valence-electron chi connectivity index (χ2n) is 5.16. The summed E-state index contributed by atoms with van der Waals surface area (Å²) in [4.78, 5) is 43.5. The molecule has 2 rings (SSSR count). The van der Waals surface area contributed by atoms with E-state index in [-0.39, 0.29) is 5.69 Å². The van der Waals surface area contributed by atoms with Gasteiger partial charge in [0, 0.05) is 19.2 Å². The van der Waals surface area contributed by atoms with Gasteiger partial charge < -0.3 is 21.5 Å². The van der Waals surface area contributed by atoms with Crippen molar-refractivity contribution >= 4 is 23.6 Å². The fourth-order valence-electron chi connectivity index (χ4n) is 2.51. The highest BCUT2D eigenvalue weighted by Crippen LogP contribution is 2.23. The number of anilines is 1. The van der Waals surface area contributed by atoms with E-state index in [1.54, 1.807) is 4.90 Å². The Hall–Kier alpha value is -2.71. The predicted molar refractivity (Wildman–Crippen MR) is 75.7 cm³/mol. The van der Waals surface area contributed by atoms with Gasteiger partial charge in [-0.05, 0) is 12.8 Å². The van der Waals surface area contributed by atoms with Crippen LogP contribution in [0.3, 0.4) is 0 Å². The van der Waals surface area contributed by atoms with Crippen molar-refractivity contribution in [2.45, 2.75) is 18.8 Å². The van der Waals surface area contributed by atoms with Gasteiger partial charge in [0.15, 0.2) is 5.92 Å². The number of carbonyl (C=O) groups is 3. The highest BCUT2D eigenvalue weighted by molar-refractivity contribution is 6.04. The van der Waals surface area contributed by atoms with Crippen LogP contribution in [0.25, 0.3) is 0 Å². The van der Waals surface area contributed by atoms with Crippen molar-refractivity contribution < 1.29 is 19.5 Å². The molecular weight excluding hydrogens is 290 g/mol. The molecule has 22 heavy (non-hydrogen) atoms. The van der Waals surface area contributed by atoms with E-state index in [9.17, 15) is 14.4 Å². The molecule has 2 heterocycles. The average molecular weight is 307 g/mol. The summed E-state index contributed by atoms with van der Waals surface area (Å²) in [6, 6.07) is 1.45. The average Bonchev–Trinajstić information content (AvgIpc) is 2.47. The lowest BCUT2D eigenvalue weighted by atomic mass is 9.98. The highest BCUT2D eigenvalue weighted by Gasteiger charge is 2.29. The topological polar surface area (TPSA) is 152 Å². The first-order valence-electron chi connectivity index (χ1n) is 6.78. The molecule has 118 valence electrons. The number of aliphatic carboxylic acids is 1. The fraction of sp³-hybridized carbons (Fsp3) is 0.462. The Morgan fingerprint density at radius 1 is 1.27 bits per heavy atom. The van der Waals surface area contributed by atoms with E-state index < -0.39 is 29.6 Å². The van der Waals surface area contributed by atoms with Crippen LogP contribution in [0.2, 0.25) is 0 Å². The van der Waals surface area contributed by atoms with E-state index in [0.29, 0.717) is 31.7 Å². The molecule has 9 nitrogen and oxygen atoms in total. The Morgan fingerprint density at radius 3 is 2.55 bits per heavy atom. The molecule has 1 aromatic rings. The lowest BCUT2D eigenvalue weighted by molar-refractivity contribution is -0.142. The van der Waals surface area contributed by atoms with Crippen LogP contribution in [-0.2, 0) is 14.4 Å². The van der Waals surface area contributed by atoms with Crippen molar-refractivity contribution in [1.82, 2.24) is 9.97 Å². The number of nitrogens with two attached hydrogens (primary N) is 2. The summed E-state index contributed by atoms with van der Waals surface area (Å²) < 4.78 is 0. The molecule has 0 radical (unpaired) electrons. The highest BCUT2D eigenvalue weighted by atomic mass is 16.4. The Morgan fingerprint density at radius 2 is 1.95 bits per heavy atom. The van der Waals surface area contributed by atoms with Crippen LogP contribution in [0.5, 0.6) is 0 Å². The van der Waals surface area contributed by atoms with Crippen LogP contribution >= 0.6 is 0 Å². The Balaban J connectivity index is 2.26. The minimum Gasteiger partial charge on any atom is -0.481 e. The van der Waals surface area contributed by atoms with Crippen LogP contribution in [-0.4, -0.2) is 45.9 Å². The molecule has 0 bridgehead atoms. The number of primary amides is 2. The molecule has 0 spiro atoms. The first-order chi connectivity index (χ1) is 10.4. The van der Waals surface area contributed by atoms with E-state index in [1.807, 2.05) is 0 Å². The second kappa shape index (κ2) is 6.37. The zero-order valence-corrected chi connectivity index (χ0v) is 11.8. The number of amides is 2. The lowest BCUT2D eigenvalue weighted by Crippen LogP contribution is -2.39. The number of piperidine rings is 1. The van der Waals surface area contributed by atoms with Crippen molar-refractivity contribution in [1.29, 1.82) is 0 Å². The molecule has 0 aromatic carbocycles. The summed E-state index contributed by atoms with van der Waals surface area (Å²) in [5, 5.41) is 9.11. The van der Waals surface area contributed by atoms with Gasteiger partial charge in [-0.3, -0.25) is 14.4 Å². The molecule has 2 amide bonds. The third-order valence-corrected chi connectivity index (χ3v) is 3.63. The molecular formula is C13H17N5O4. The van der Waals surface area contributed by atoms with Gasteiger partial charge in [0.25, 0.3) is 0 Å². The van der Waals surface area contributed by atoms with Gasteiger partial charge in [-0.2, -0.15) is 0 Å². The van der Waals surface area contributed by atoms with E-state index in [0.717, 1.165) is 0 Å². The van der Waals surface area contributed by atoms with E-state index in [1.165, 1.54) is 12.4 Å². The second-order valence-corrected chi connectivity index (χ2v) is 5.16. The molecule has 0 unspecified atom stereocenters. The van der Waals surface area contributed by atoms with Gasteiger partial charge in [-0.25, -0.2) is 9.97 Å². The van der Waals surface area contributed by atoms with Crippen LogP contribution in [0.4, 0.5) is 5.82 Å². The molecule has 1 saturated heterocycles. The standard InChI is InChI=1S/C13H17N5O4/c14-11(19)10(12(15)20)8-4-9(17-6-16-8)18-3-1-2-7(5-18)13(21)22/h4,6-7,10H,1-3,5H2,(H2,14,19)(H2,15,20)(H,21,22)/t7-/m0/s1. The Kier molecular flexibility index (Phi) is 4.54. The Bertz CT molecular complexity index is 592. The molecule has 1 atom stereocenters. The predicted octanol–water partition coefficient (Wildman–Crippen LogP) is -1.17. The van der Waals surface area contributed by atoms with Crippen LogP contribution in [0.15, 0.2) is 12.4 Å². The number of rotatable bonds is 5. The van der Waals surface area contributed by atoms with Gasteiger partial charge in [-0.1, -0.05) is 0 Å². The molecule has 5 N–H and O–H groups in total. The minimum absolute atomic E-state index is 0.113. The number of hydrogen-bond donors (Lipinski definition) is 3.